The Bertz CT molecular complexity index is 1240. The normalized spacial score (nSPS) is 11.1. The minimum atomic E-state index is -0.567. The number of hydrogen-bond acceptors (Lipinski definition) is 5. The van der Waals surface area contributed by atoms with Gasteiger partial charge in [0, 0.05) is 12.8 Å². The van der Waals surface area contributed by atoms with E-state index in [1.165, 1.54) is 18.2 Å². The van der Waals surface area contributed by atoms with Crippen LogP contribution < -0.4 is 5.32 Å². The standard InChI is InChI=1S/C21H17ClFN5O2/c1-12-19(21(29)24-14-8-9-16(23)15(22)10-14)25-26-20-18(13-6-4-3-5-7-13)17(11-30-2)27-28(12)20/h3-10H,11H2,1-2H3,(H,24,29). The van der Waals surface area contributed by atoms with Crippen LogP contribution in [-0.4, -0.2) is 32.8 Å². The molecule has 0 unspecified atom stereocenters. The molecule has 4 aromatic rings. The number of carbonyl (C=O) groups is 1. The average Bonchev–Trinajstić information content (AvgIpc) is 3.11. The van der Waals surface area contributed by atoms with E-state index in [0.29, 0.717) is 22.7 Å². The molecule has 9 heteroatoms. The van der Waals surface area contributed by atoms with Crippen LogP contribution >= 0.6 is 11.6 Å². The summed E-state index contributed by atoms with van der Waals surface area (Å²) < 4.78 is 20.2. The lowest BCUT2D eigenvalue weighted by Gasteiger charge is -2.08. The average molecular weight is 426 g/mol. The summed E-state index contributed by atoms with van der Waals surface area (Å²) >= 11 is 5.78. The van der Waals surface area contributed by atoms with Crippen LogP contribution in [0.5, 0.6) is 0 Å². The van der Waals surface area contributed by atoms with Crippen LogP contribution in [0.25, 0.3) is 16.8 Å². The van der Waals surface area contributed by atoms with Crippen LogP contribution in [0.2, 0.25) is 5.02 Å². The maximum Gasteiger partial charge on any atom is 0.278 e. The molecule has 0 aliphatic heterocycles. The van der Waals surface area contributed by atoms with Gasteiger partial charge in [0.25, 0.3) is 5.91 Å². The maximum atomic E-state index is 13.4. The Hall–Kier alpha value is -3.36. The van der Waals surface area contributed by atoms with E-state index in [4.69, 9.17) is 16.3 Å². The van der Waals surface area contributed by atoms with Crippen LogP contribution in [0.1, 0.15) is 21.9 Å². The number of rotatable bonds is 5. The van der Waals surface area contributed by atoms with E-state index in [0.717, 1.165) is 11.1 Å². The van der Waals surface area contributed by atoms with Crippen LogP contribution in [-0.2, 0) is 11.3 Å². The van der Waals surface area contributed by atoms with Crippen LogP contribution in [0.4, 0.5) is 10.1 Å². The van der Waals surface area contributed by atoms with Gasteiger partial charge in [-0.2, -0.15) is 5.10 Å². The molecule has 0 spiro atoms. The smallest absolute Gasteiger partial charge is 0.278 e. The molecule has 30 heavy (non-hydrogen) atoms. The van der Waals surface area contributed by atoms with Gasteiger partial charge >= 0.3 is 0 Å². The van der Waals surface area contributed by atoms with E-state index in [9.17, 15) is 9.18 Å². The Kier molecular flexibility index (Phi) is 5.43. The zero-order valence-electron chi connectivity index (χ0n) is 16.2. The van der Waals surface area contributed by atoms with E-state index >= 15 is 0 Å². The summed E-state index contributed by atoms with van der Waals surface area (Å²) in [4.78, 5) is 12.7. The molecule has 0 fully saturated rings. The number of aryl methyl sites for hydroxylation is 1. The summed E-state index contributed by atoms with van der Waals surface area (Å²) in [5, 5.41) is 15.6. The fraction of sp³-hybridized carbons (Fsp3) is 0.143. The van der Waals surface area contributed by atoms with Gasteiger partial charge in [0.05, 0.1) is 28.6 Å². The Morgan fingerprint density at radius 1 is 1.20 bits per heavy atom. The van der Waals surface area contributed by atoms with Gasteiger partial charge in [-0.3, -0.25) is 4.79 Å². The van der Waals surface area contributed by atoms with Crippen molar-refractivity contribution in [3.05, 3.63) is 76.5 Å². The minimum Gasteiger partial charge on any atom is -0.378 e. The summed E-state index contributed by atoms with van der Waals surface area (Å²) in [7, 11) is 1.59. The second-order valence-corrected chi connectivity index (χ2v) is 6.98. The number of methoxy groups -OCH3 is 1. The first-order valence-corrected chi connectivity index (χ1v) is 9.43. The summed E-state index contributed by atoms with van der Waals surface area (Å²) in [6.07, 6.45) is 0. The number of hydrogen-bond donors (Lipinski definition) is 1. The molecule has 0 radical (unpaired) electrons. The van der Waals surface area contributed by atoms with Crippen LogP contribution in [0.3, 0.4) is 0 Å². The van der Waals surface area contributed by atoms with Crippen molar-refractivity contribution in [2.24, 2.45) is 0 Å². The topological polar surface area (TPSA) is 81.4 Å². The number of nitrogens with one attached hydrogen (secondary N) is 1. The van der Waals surface area contributed by atoms with Gasteiger partial charge in [-0.25, -0.2) is 8.91 Å². The highest BCUT2D eigenvalue weighted by Crippen LogP contribution is 2.28. The number of carbonyl (C=O) groups excluding carboxylic acids is 1. The molecular formula is C21H17ClFN5O2. The third-order valence-corrected chi connectivity index (χ3v) is 4.86. The molecule has 0 atom stereocenters. The van der Waals surface area contributed by atoms with Gasteiger partial charge in [0.1, 0.15) is 5.82 Å². The van der Waals surface area contributed by atoms with E-state index in [-0.39, 0.29) is 17.3 Å². The predicted octanol–water partition coefficient (Wildman–Crippen LogP) is 4.29. The van der Waals surface area contributed by atoms with Crippen molar-refractivity contribution >= 4 is 28.8 Å². The first-order chi connectivity index (χ1) is 14.5. The van der Waals surface area contributed by atoms with Gasteiger partial charge in [-0.05, 0) is 30.7 Å². The lowest BCUT2D eigenvalue weighted by Crippen LogP contribution is -2.18. The number of fused-ring (bicyclic) bond motifs is 1. The van der Waals surface area contributed by atoms with Crippen molar-refractivity contribution < 1.29 is 13.9 Å². The largest absolute Gasteiger partial charge is 0.378 e. The van der Waals surface area contributed by atoms with Crippen molar-refractivity contribution in [3.63, 3.8) is 0 Å². The molecule has 1 N–H and O–H groups in total. The van der Waals surface area contributed by atoms with Crippen molar-refractivity contribution in [1.29, 1.82) is 0 Å². The van der Waals surface area contributed by atoms with Crippen molar-refractivity contribution in [2.45, 2.75) is 13.5 Å². The molecule has 0 aliphatic carbocycles. The van der Waals surface area contributed by atoms with E-state index in [1.54, 1.807) is 18.5 Å². The van der Waals surface area contributed by atoms with Gasteiger partial charge in [0.15, 0.2) is 11.3 Å². The van der Waals surface area contributed by atoms with Crippen LogP contribution in [0.15, 0.2) is 48.5 Å². The molecule has 0 saturated carbocycles. The van der Waals surface area contributed by atoms with E-state index < -0.39 is 11.7 Å². The summed E-state index contributed by atoms with van der Waals surface area (Å²) in [5.74, 6) is -1.07. The monoisotopic (exact) mass is 425 g/mol. The first kappa shape index (κ1) is 19.9. The molecule has 152 valence electrons. The molecule has 7 nitrogen and oxygen atoms in total. The number of nitrogens with zero attached hydrogens (tertiary/aromatic N) is 4. The third kappa shape index (κ3) is 3.62. The molecule has 4 rings (SSSR count). The minimum absolute atomic E-state index is 0.0881. The molecule has 0 bridgehead atoms. The summed E-state index contributed by atoms with van der Waals surface area (Å²) in [6.45, 7) is 2.01. The summed E-state index contributed by atoms with van der Waals surface area (Å²) in [6, 6.07) is 13.6. The molecule has 2 aromatic heterocycles. The molecule has 0 saturated heterocycles. The van der Waals surface area contributed by atoms with Gasteiger partial charge < -0.3 is 10.1 Å². The molecular weight excluding hydrogens is 409 g/mol. The highest BCUT2D eigenvalue weighted by molar-refractivity contribution is 6.31. The van der Waals surface area contributed by atoms with Gasteiger partial charge in [0.2, 0.25) is 0 Å². The zero-order valence-corrected chi connectivity index (χ0v) is 16.9. The number of ether oxygens (including phenoxy) is 1. The fourth-order valence-electron chi connectivity index (χ4n) is 3.16. The van der Waals surface area contributed by atoms with Crippen molar-refractivity contribution in [2.75, 3.05) is 12.4 Å². The van der Waals surface area contributed by atoms with Gasteiger partial charge in [-0.1, -0.05) is 41.9 Å². The van der Waals surface area contributed by atoms with E-state index in [2.05, 4.69) is 20.6 Å². The number of aromatic nitrogens is 4. The molecule has 2 aromatic carbocycles. The third-order valence-electron chi connectivity index (χ3n) is 4.57. The highest BCUT2D eigenvalue weighted by atomic mass is 35.5. The lowest BCUT2D eigenvalue weighted by atomic mass is 10.1. The van der Waals surface area contributed by atoms with E-state index in [1.807, 2.05) is 30.3 Å². The second kappa shape index (κ2) is 8.17. The Labute approximate surface area is 176 Å². The summed E-state index contributed by atoms with van der Waals surface area (Å²) in [5.41, 5.74) is 3.87. The van der Waals surface area contributed by atoms with Gasteiger partial charge in [-0.15, -0.1) is 10.2 Å². The van der Waals surface area contributed by atoms with Crippen molar-refractivity contribution in [3.8, 4) is 11.1 Å². The Morgan fingerprint density at radius 2 is 1.97 bits per heavy atom. The second-order valence-electron chi connectivity index (χ2n) is 6.57. The molecule has 2 heterocycles. The predicted molar refractivity (Wildman–Crippen MR) is 111 cm³/mol. The Balaban J connectivity index is 1.77. The SMILES string of the molecule is COCc1nn2c(C)c(C(=O)Nc3ccc(F)c(Cl)c3)nnc2c1-c1ccccc1. The molecule has 1 amide bonds. The maximum absolute atomic E-state index is 13.4. The zero-order chi connectivity index (χ0) is 21.3. The Morgan fingerprint density at radius 3 is 2.67 bits per heavy atom. The fourth-order valence-corrected chi connectivity index (χ4v) is 3.34. The molecule has 0 aliphatic rings. The number of amides is 1. The number of halogens is 2. The van der Waals surface area contributed by atoms with Crippen LogP contribution in [0, 0.1) is 12.7 Å². The highest BCUT2D eigenvalue weighted by Gasteiger charge is 2.22. The first-order valence-electron chi connectivity index (χ1n) is 9.05. The number of anilines is 1. The quantitative estimate of drug-likeness (QED) is 0.515. The number of benzene rings is 2. The lowest BCUT2D eigenvalue weighted by molar-refractivity contribution is 0.102. The van der Waals surface area contributed by atoms with Crippen molar-refractivity contribution in [1.82, 2.24) is 19.8 Å².